The van der Waals surface area contributed by atoms with E-state index in [1.165, 1.54) is 18.3 Å². The van der Waals surface area contributed by atoms with Crippen molar-refractivity contribution in [1.29, 1.82) is 0 Å². The minimum Gasteiger partial charge on any atom is -0.497 e. The number of H-pyrrole nitrogens is 1. The number of nitrogens with one attached hydrogen (secondary N) is 2. The summed E-state index contributed by atoms with van der Waals surface area (Å²) in [5.41, 5.74) is 1.24. The summed E-state index contributed by atoms with van der Waals surface area (Å²) in [6.45, 7) is 0.443. The van der Waals surface area contributed by atoms with Gasteiger partial charge in [-0.1, -0.05) is 12.1 Å². The second kappa shape index (κ2) is 7.60. The van der Waals surface area contributed by atoms with Crippen molar-refractivity contribution in [3.8, 4) is 5.75 Å². The van der Waals surface area contributed by atoms with Crippen LogP contribution in [0.4, 0.5) is 0 Å². The molecule has 23 heavy (non-hydrogen) atoms. The third kappa shape index (κ3) is 4.43. The Bertz CT molecular complexity index is 705. The van der Waals surface area contributed by atoms with E-state index in [9.17, 15) is 9.59 Å². The molecule has 0 fully saturated rings. The van der Waals surface area contributed by atoms with Crippen molar-refractivity contribution in [3.05, 3.63) is 64.1 Å². The summed E-state index contributed by atoms with van der Waals surface area (Å²) >= 11 is 0. The number of nitrogens with zero attached hydrogens (tertiary/aromatic N) is 1. The van der Waals surface area contributed by atoms with Crippen LogP contribution in [0.2, 0.25) is 0 Å². The zero-order chi connectivity index (χ0) is 16.8. The Kier molecular flexibility index (Phi) is 5.54. The van der Waals surface area contributed by atoms with Gasteiger partial charge in [-0.3, -0.25) is 9.59 Å². The van der Waals surface area contributed by atoms with E-state index in [4.69, 9.17) is 4.74 Å². The van der Waals surface area contributed by atoms with Crippen LogP contribution in [0.25, 0.3) is 0 Å². The number of aromatic amines is 1. The smallest absolute Gasteiger partial charge is 0.252 e. The molecule has 1 heterocycles. The first-order valence-electron chi connectivity index (χ1n) is 7.28. The normalized spacial score (nSPS) is 12.0. The third-order valence-electron chi connectivity index (χ3n) is 3.60. The van der Waals surface area contributed by atoms with Crippen molar-refractivity contribution < 1.29 is 9.53 Å². The number of carbonyl (C=O) groups is 1. The van der Waals surface area contributed by atoms with Gasteiger partial charge in [-0.05, 0) is 37.9 Å². The van der Waals surface area contributed by atoms with Crippen LogP contribution >= 0.6 is 0 Å². The van der Waals surface area contributed by atoms with E-state index < -0.39 is 0 Å². The average molecular weight is 315 g/mol. The van der Waals surface area contributed by atoms with Gasteiger partial charge in [0.05, 0.1) is 18.7 Å². The van der Waals surface area contributed by atoms with E-state index in [1.54, 1.807) is 7.11 Å². The topological polar surface area (TPSA) is 74.4 Å². The second-order valence-electron chi connectivity index (χ2n) is 5.41. The number of rotatable bonds is 6. The molecular formula is C17H21N3O3. The van der Waals surface area contributed by atoms with Crippen LogP contribution in [0, 0.1) is 0 Å². The number of pyridine rings is 1. The SMILES string of the molecule is COc1cccc([C@H](CNC(=O)c2ccc(=O)[nH]c2)N(C)C)c1. The van der Waals surface area contributed by atoms with Gasteiger partial charge in [0.2, 0.25) is 5.56 Å². The standard InChI is InChI=1S/C17H21N3O3/c1-20(2)15(12-5-4-6-14(9-12)23-3)11-19-17(22)13-7-8-16(21)18-10-13/h4-10,15H,11H2,1-3H3,(H,18,21)(H,19,22)/t15-/m0/s1. The molecular weight excluding hydrogens is 294 g/mol. The highest BCUT2D eigenvalue weighted by atomic mass is 16.5. The van der Waals surface area contributed by atoms with E-state index >= 15 is 0 Å². The Morgan fingerprint density at radius 3 is 2.70 bits per heavy atom. The predicted molar refractivity (Wildman–Crippen MR) is 88.8 cm³/mol. The van der Waals surface area contributed by atoms with Crippen LogP contribution in [0.15, 0.2) is 47.4 Å². The van der Waals surface area contributed by atoms with E-state index in [0.29, 0.717) is 12.1 Å². The zero-order valence-corrected chi connectivity index (χ0v) is 13.5. The summed E-state index contributed by atoms with van der Waals surface area (Å²) < 4.78 is 5.25. The van der Waals surface area contributed by atoms with Crippen LogP contribution in [0.3, 0.4) is 0 Å². The molecule has 0 saturated carbocycles. The zero-order valence-electron chi connectivity index (χ0n) is 13.5. The molecule has 6 nitrogen and oxygen atoms in total. The molecule has 0 spiro atoms. The maximum absolute atomic E-state index is 12.2. The first-order chi connectivity index (χ1) is 11.0. The average Bonchev–Trinajstić information content (AvgIpc) is 2.55. The number of benzene rings is 1. The lowest BCUT2D eigenvalue weighted by Crippen LogP contribution is -2.34. The maximum Gasteiger partial charge on any atom is 0.252 e. The lowest BCUT2D eigenvalue weighted by molar-refractivity contribution is 0.0941. The quantitative estimate of drug-likeness (QED) is 0.845. The fourth-order valence-electron chi connectivity index (χ4n) is 2.29. The molecule has 0 aliphatic rings. The molecule has 2 rings (SSSR count). The Balaban J connectivity index is 2.09. The van der Waals surface area contributed by atoms with Crippen LogP contribution in [0.5, 0.6) is 5.75 Å². The van der Waals surface area contributed by atoms with Crippen molar-refractivity contribution in [2.75, 3.05) is 27.7 Å². The summed E-state index contributed by atoms with van der Waals surface area (Å²) in [6, 6.07) is 10.6. The minimum atomic E-state index is -0.232. The van der Waals surface area contributed by atoms with Gasteiger partial charge in [-0.2, -0.15) is 0 Å². The molecule has 1 aromatic heterocycles. The molecule has 1 amide bonds. The van der Waals surface area contributed by atoms with Crippen molar-refractivity contribution >= 4 is 5.91 Å². The van der Waals surface area contributed by atoms with Crippen molar-refractivity contribution in [1.82, 2.24) is 15.2 Å². The third-order valence-corrected chi connectivity index (χ3v) is 3.60. The largest absolute Gasteiger partial charge is 0.497 e. The molecule has 0 bridgehead atoms. The van der Waals surface area contributed by atoms with Gasteiger partial charge in [-0.25, -0.2) is 0 Å². The fraction of sp³-hybridized carbons (Fsp3) is 0.294. The van der Waals surface area contributed by atoms with Gasteiger partial charge >= 0.3 is 0 Å². The molecule has 0 radical (unpaired) electrons. The number of hydrogen-bond acceptors (Lipinski definition) is 4. The number of hydrogen-bond donors (Lipinski definition) is 2. The number of carbonyl (C=O) groups excluding carboxylic acids is 1. The van der Waals surface area contributed by atoms with E-state index in [-0.39, 0.29) is 17.5 Å². The first kappa shape index (κ1) is 16.8. The Morgan fingerprint density at radius 2 is 2.09 bits per heavy atom. The molecule has 0 unspecified atom stereocenters. The number of methoxy groups -OCH3 is 1. The van der Waals surface area contributed by atoms with E-state index in [1.807, 2.05) is 43.3 Å². The van der Waals surface area contributed by atoms with Gasteiger partial charge in [0.15, 0.2) is 0 Å². The van der Waals surface area contributed by atoms with Crippen LogP contribution in [0.1, 0.15) is 22.0 Å². The second-order valence-corrected chi connectivity index (χ2v) is 5.41. The number of ether oxygens (including phenoxy) is 1. The van der Waals surface area contributed by atoms with Gasteiger partial charge in [0.25, 0.3) is 5.91 Å². The van der Waals surface area contributed by atoms with Crippen molar-refractivity contribution in [3.63, 3.8) is 0 Å². The van der Waals surface area contributed by atoms with E-state index in [2.05, 4.69) is 10.3 Å². The molecule has 0 aliphatic carbocycles. The summed E-state index contributed by atoms with van der Waals surface area (Å²) in [4.78, 5) is 27.7. The predicted octanol–water partition coefficient (Wildman–Crippen LogP) is 1.42. The maximum atomic E-state index is 12.2. The van der Waals surface area contributed by atoms with Crippen LogP contribution in [-0.2, 0) is 0 Å². The molecule has 0 saturated heterocycles. The molecule has 2 N–H and O–H groups in total. The molecule has 122 valence electrons. The Labute approximate surface area is 135 Å². The molecule has 1 aromatic carbocycles. The first-order valence-corrected chi connectivity index (χ1v) is 7.28. The lowest BCUT2D eigenvalue weighted by atomic mass is 10.1. The Morgan fingerprint density at radius 1 is 1.30 bits per heavy atom. The molecule has 1 atom stereocenters. The summed E-state index contributed by atoms with van der Waals surface area (Å²) in [6.07, 6.45) is 1.41. The summed E-state index contributed by atoms with van der Waals surface area (Å²) in [5.74, 6) is 0.553. The number of likely N-dealkylation sites (N-methyl/N-ethyl adjacent to an activating group) is 1. The molecule has 2 aromatic rings. The van der Waals surface area contributed by atoms with Crippen LogP contribution in [-0.4, -0.2) is 43.5 Å². The van der Waals surface area contributed by atoms with Crippen molar-refractivity contribution in [2.45, 2.75) is 6.04 Å². The lowest BCUT2D eigenvalue weighted by Gasteiger charge is -2.25. The van der Waals surface area contributed by atoms with Gasteiger partial charge in [0.1, 0.15) is 5.75 Å². The minimum absolute atomic E-state index is 0.0109. The summed E-state index contributed by atoms with van der Waals surface area (Å²) in [7, 11) is 5.54. The van der Waals surface area contributed by atoms with E-state index in [0.717, 1.165) is 11.3 Å². The van der Waals surface area contributed by atoms with Crippen LogP contribution < -0.4 is 15.6 Å². The Hall–Kier alpha value is -2.60. The van der Waals surface area contributed by atoms with Gasteiger partial charge < -0.3 is 19.9 Å². The number of amides is 1. The molecule has 6 heteroatoms. The highest BCUT2D eigenvalue weighted by Gasteiger charge is 2.16. The summed E-state index contributed by atoms with van der Waals surface area (Å²) in [5, 5.41) is 2.89. The number of aromatic nitrogens is 1. The monoisotopic (exact) mass is 315 g/mol. The van der Waals surface area contributed by atoms with Crippen molar-refractivity contribution in [2.24, 2.45) is 0 Å². The van der Waals surface area contributed by atoms with Gasteiger partial charge in [0, 0.05) is 18.8 Å². The highest BCUT2D eigenvalue weighted by Crippen LogP contribution is 2.22. The fourth-order valence-corrected chi connectivity index (χ4v) is 2.29. The highest BCUT2D eigenvalue weighted by molar-refractivity contribution is 5.93. The van der Waals surface area contributed by atoms with Gasteiger partial charge in [-0.15, -0.1) is 0 Å². The molecule has 0 aliphatic heterocycles.